The molecule has 0 fully saturated rings. The van der Waals surface area contributed by atoms with Gasteiger partial charge in [0.1, 0.15) is 45.7 Å². The minimum Gasteiger partial charge on any atom is -0.506 e. The molecule has 45 heavy (non-hydrogen) atoms. The molecule has 0 saturated heterocycles. The summed E-state index contributed by atoms with van der Waals surface area (Å²) in [7, 11) is 0. The number of phenols is 4. The normalized spacial score (nSPS) is 11.1. The number of hydrogen-bond acceptors (Lipinski definition) is 8. The Hall–Kier alpha value is -4.66. The van der Waals surface area contributed by atoms with Crippen LogP contribution >= 0.6 is 23.2 Å². The van der Waals surface area contributed by atoms with Crippen molar-refractivity contribution < 1.29 is 37.5 Å². The van der Waals surface area contributed by atoms with E-state index in [1.54, 1.807) is 26.0 Å². The molecule has 6 rings (SSSR count). The predicted molar refractivity (Wildman–Crippen MR) is 175 cm³/mol. The molecule has 0 amide bonds. The number of aryl methyl sites for hydroxylation is 2. The van der Waals surface area contributed by atoms with E-state index in [1.807, 2.05) is 60.7 Å². The number of halogens is 2. The molecule has 0 heterocycles. The first-order chi connectivity index (χ1) is 21.1. The Bertz CT molecular complexity index is 1940. The van der Waals surface area contributed by atoms with Crippen LogP contribution in [0.4, 0.5) is 22.7 Å². The van der Waals surface area contributed by atoms with E-state index in [1.165, 1.54) is 24.3 Å². The maximum atomic E-state index is 10.3. The molecule has 228 valence electrons. The molecule has 0 saturated carbocycles. The van der Waals surface area contributed by atoms with Gasteiger partial charge in [-0.05, 0) is 84.3 Å². The topological polar surface area (TPSA) is 130 Å². The fourth-order valence-corrected chi connectivity index (χ4v) is 4.81. The number of aromatic hydroxyl groups is 4. The number of nitrogens with zero attached hydrogens (tertiary/aromatic N) is 4. The van der Waals surface area contributed by atoms with Gasteiger partial charge in [-0.25, -0.2) is 0 Å². The first-order valence-corrected chi connectivity index (χ1v) is 14.1. The van der Waals surface area contributed by atoms with Crippen LogP contribution in [0.5, 0.6) is 23.0 Å². The Balaban J connectivity index is 0.000000200. The second kappa shape index (κ2) is 14.4. The zero-order chi connectivity index (χ0) is 31.4. The summed E-state index contributed by atoms with van der Waals surface area (Å²) < 4.78 is 0. The Morgan fingerprint density at radius 2 is 0.867 bits per heavy atom. The van der Waals surface area contributed by atoms with E-state index in [-0.39, 0.29) is 51.4 Å². The number of azo groups is 2. The van der Waals surface area contributed by atoms with Gasteiger partial charge >= 0.3 is 0 Å². The van der Waals surface area contributed by atoms with Crippen LogP contribution in [-0.2, 0) is 17.1 Å². The Labute approximate surface area is 279 Å². The second-order valence-electron chi connectivity index (χ2n) is 9.89. The van der Waals surface area contributed by atoms with Crippen molar-refractivity contribution in [3.8, 4) is 23.0 Å². The maximum absolute atomic E-state index is 10.3. The van der Waals surface area contributed by atoms with Crippen LogP contribution < -0.4 is 0 Å². The zero-order valence-electron chi connectivity index (χ0n) is 23.9. The molecule has 0 aliphatic rings. The second-order valence-corrected chi connectivity index (χ2v) is 10.8. The van der Waals surface area contributed by atoms with Crippen LogP contribution in [0.3, 0.4) is 0 Å². The van der Waals surface area contributed by atoms with Crippen molar-refractivity contribution in [2.45, 2.75) is 13.8 Å². The van der Waals surface area contributed by atoms with Crippen LogP contribution in [0.1, 0.15) is 11.1 Å². The molecule has 8 nitrogen and oxygen atoms in total. The number of rotatable bonds is 4. The van der Waals surface area contributed by atoms with Crippen molar-refractivity contribution in [1.82, 2.24) is 0 Å². The molecule has 4 N–H and O–H groups in total. The summed E-state index contributed by atoms with van der Waals surface area (Å²) in [5, 5.41) is 60.7. The third-order valence-electron chi connectivity index (χ3n) is 6.76. The number of hydrogen-bond donors (Lipinski definition) is 4. The van der Waals surface area contributed by atoms with Crippen molar-refractivity contribution >= 4 is 67.5 Å². The minimum atomic E-state index is -0.0235. The average Bonchev–Trinajstić information content (AvgIpc) is 3.01. The van der Waals surface area contributed by atoms with Crippen LogP contribution in [0, 0.1) is 13.8 Å². The maximum Gasteiger partial charge on any atom is 0.146 e. The third-order valence-corrected chi connectivity index (χ3v) is 7.23. The fourth-order valence-electron chi connectivity index (χ4n) is 4.47. The molecule has 0 bridgehead atoms. The summed E-state index contributed by atoms with van der Waals surface area (Å²) in [4.78, 5) is 0. The molecule has 11 heteroatoms. The number of benzene rings is 6. The average molecular weight is 681 g/mol. The van der Waals surface area contributed by atoms with Gasteiger partial charge in [-0.3, -0.25) is 0 Å². The van der Waals surface area contributed by atoms with E-state index in [0.717, 1.165) is 21.5 Å². The molecule has 0 atom stereocenters. The molecule has 6 aromatic carbocycles. The summed E-state index contributed by atoms with van der Waals surface area (Å²) in [6, 6.07) is 28.0. The monoisotopic (exact) mass is 680 g/mol. The molecule has 0 aromatic heterocycles. The molecule has 0 aliphatic carbocycles. The van der Waals surface area contributed by atoms with Crippen LogP contribution in [0.2, 0.25) is 10.0 Å². The molecule has 0 aliphatic heterocycles. The first-order valence-electron chi connectivity index (χ1n) is 13.4. The standard InChI is InChI=1S/2C17H13ClN2O2.Fe/c2*1-10-8-11-4-2-3-5-13(11)16(17(10)22)20-19-14-9-12(18)6-7-15(14)21;/h2*2-9,21-22H,1H3;. The van der Waals surface area contributed by atoms with Gasteiger partial charge in [0, 0.05) is 37.9 Å². The van der Waals surface area contributed by atoms with Gasteiger partial charge in [0.15, 0.2) is 0 Å². The first kappa shape index (κ1) is 33.2. The summed E-state index contributed by atoms with van der Waals surface area (Å²) in [5.74, 6) is 0.0992. The van der Waals surface area contributed by atoms with Crippen molar-refractivity contribution in [1.29, 1.82) is 0 Å². The van der Waals surface area contributed by atoms with Gasteiger partial charge in [-0.15, -0.1) is 20.5 Å². The van der Waals surface area contributed by atoms with E-state index in [9.17, 15) is 20.4 Å². The van der Waals surface area contributed by atoms with Gasteiger partial charge < -0.3 is 20.4 Å². The molecular weight excluding hydrogens is 655 g/mol. The van der Waals surface area contributed by atoms with Gasteiger partial charge in [0.25, 0.3) is 0 Å². The van der Waals surface area contributed by atoms with Crippen LogP contribution in [0.25, 0.3) is 21.5 Å². The van der Waals surface area contributed by atoms with Crippen molar-refractivity contribution in [3.63, 3.8) is 0 Å². The summed E-state index contributed by atoms with van der Waals surface area (Å²) >= 11 is 11.8. The van der Waals surface area contributed by atoms with E-state index >= 15 is 0 Å². The molecular formula is C34H26Cl2FeN4O4. The smallest absolute Gasteiger partial charge is 0.146 e. The van der Waals surface area contributed by atoms with Gasteiger partial charge in [0.05, 0.1) is 0 Å². The Morgan fingerprint density at radius 3 is 1.27 bits per heavy atom. The van der Waals surface area contributed by atoms with E-state index in [0.29, 0.717) is 32.5 Å². The van der Waals surface area contributed by atoms with Crippen molar-refractivity contribution in [2.24, 2.45) is 20.5 Å². The fraction of sp³-hybridized carbons (Fsp3) is 0.0588. The molecule has 0 radical (unpaired) electrons. The van der Waals surface area contributed by atoms with Crippen molar-refractivity contribution in [3.05, 3.63) is 118 Å². The summed E-state index contributed by atoms with van der Waals surface area (Å²) in [6.45, 7) is 3.61. The number of fused-ring (bicyclic) bond motifs is 2. The molecule has 6 aromatic rings. The largest absolute Gasteiger partial charge is 0.506 e. The molecule has 0 spiro atoms. The summed E-state index contributed by atoms with van der Waals surface area (Å²) in [5.41, 5.74) is 2.66. The van der Waals surface area contributed by atoms with Crippen LogP contribution in [-0.4, -0.2) is 20.4 Å². The van der Waals surface area contributed by atoms with Crippen LogP contribution in [0.15, 0.2) is 118 Å². The van der Waals surface area contributed by atoms with Gasteiger partial charge in [-0.2, -0.15) is 0 Å². The third kappa shape index (κ3) is 7.53. The molecule has 0 unspecified atom stereocenters. The summed E-state index contributed by atoms with van der Waals surface area (Å²) in [6.07, 6.45) is 0. The van der Waals surface area contributed by atoms with Gasteiger partial charge in [-0.1, -0.05) is 71.7 Å². The quantitative estimate of drug-likeness (QED) is 0.109. The van der Waals surface area contributed by atoms with E-state index < -0.39 is 0 Å². The SMILES string of the molecule is Cc1cc2ccccc2c(N=Nc2cc(Cl)ccc2O)c1O.Cc1cc2ccccc2c(N=Nc2cc(Cl)ccc2O)c1O.[Fe]. The van der Waals surface area contributed by atoms with Gasteiger partial charge in [0.2, 0.25) is 0 Å². The van der Waals surface area contributed by atoms with Crippen molar-refractivity contribution in [2.75, 3.05) is 0 Å². The number of phenolic OH excluding ortho intramolecular Hbond substituents is 4. The predicted octanol–water partition coefficient (Wildman–Crippen LogP) is 11.3. The Morgan fingerprint density at radius 1 is 0.489 bits per heavy atom. The van der Waals surface area contributed by atoms with E-state index in [4.69, 9.17) is 23.2 Å². The zero-order valence-corrected chi connectivity index (χ0v) is 26.5. The Kier molecular flexibility index (Phi) is 10.6. The van der Waals surface area contributed by atoms with E-state index in [2.05, 4.69) is 20.5 Å². The minimum absolute atomic E-state index is 0.